The molecule has 13 aromatic carbocycles. The molecule has 0 N–H and O–H groups in total. The van der Waals surface area contributed by atoms with Crippen molar-refractivity contribution in [3.8, 4) is 44.5 Å². The molecule has 314 valence electrons. The summed E-state index contributed by atoms with van der Waals surface area (Å²) in [5, 5.41) is 18.6. The van der Waals surface area contributed by atoms with Gasteiger partial charge in [-0.05, 0) is 195 Å². The summed E-state index contributed by atoms with van der Waals surface area (Å²) in [6.45, 7) is 9.21. The van der Waals surface area contributed by atoms with Crippen molar-refractivity contribution >= 4 is 75.4 Å². The predicted molar refractivity (Wildman–Crippen MR) is 287 cm³/mol. The summed E-state index contributed by atoms with van der Waals surface area (Å²) >= 11 is 0. The Labute approximate surface area is 390 Å². The van der Waals surface area contributed by atoms with E-state index in [0.717, 1.165) is 6.42 Å². The van der Waals surface area contributed by atoms with Gasteiger partial charge in [0.1, 0.15) is 0 Å². The van der Waals surface area contributed by atoms with Gasteiger partial charge in [-0.2, -0.15) is 0 Å². The molecule has 15 rings (SSSR count). The van der Waals surface area contributed by atoms with Gasteiger partial charge in [0.2, 0.25) is 0 Å². The van der Waals surface area contributed by atoms with Gasteiger partial charge in [-0.3, -0.25) is 0 Å². The normalized spacial score (nSPS) is 13.9. The molecule has 0 unspecified atom stereocenters. The molecule has 2 aliphatic carbocycles. The van der Waals surface area contributed by atoms with Crippen molar-refractivity contribution in [1.82, 2.24) is 0 Å². The molecule has 0 bridgehead atoms. The summed E-state index contributed by atoms with van der Waals surface area (Å²) in [4.78, 5) is 0. The molecular formula is C67H46. The Morgan fingerprint density at radius 1 is 0.328 bits per heavy atom. The first kappa shape index (κ1) is 37.4. The Morgan fingerprint density at radius 2 is 0.866 bits per heavy atom. The van der Waals surface area contributed by atoms with E-state index in [1.807, 2.05) is 0 Å². The van der Waals surface area contributed by atoms with Crippen LogP contribution in [-0.2, 0) is 17.3 Å². The minimum absolute atomic E-state index is 0.0843. The number of benzene rings is 13. The first-order valence-corrected chi connectivity index (χ1v) is 24.1. The third-order valence-electron chi connectivity index (χ3n) is 16.2. The summed E-state index contributed by atoms with van der Waals surface area (Å²) < 4.78 is 0. The molecule has 0 radical (unpaired) electrons. The molecule has 0 aliphatic heterocycles. The van der Waals surface area contributed by atoms with Gasteiger partial charge in [-0.15, -0.1) is 0 Å². The van der Waals surface area contributed by atoms with Gasteiger partial charge >= 0.3 is 0 Å². The molecule has 67 heavy (non-hydrogen) atoms. The molecule has 13 aromatic rings. The van der Waals surface area contributed by atoms with Crippen LogP contribution in [0.2, 0.25) is 0 Å². The second kappa shape index (κ2) is 13.0. The summed E-state index contributed by atoms with van der Waals surface area (Å²) in [7, 11) is 0. The Bertz CT molecular complexity index is 4170. The van der Waals surface area contributed by atoms with Gasteiger partial charge in [0.25, 0.3) is 0 Å². The Morgan fingerprint density at radius 3 is 1.57 bits per heavy atom. The molecule has 0 heteroatoms. The summed E-state index contributed by atoms with van der Waals surface area (Å²) in [6.07, 6.45) is 1.01. The monoisotopic (exact) mass is 850 g/mol. The number of rotatable bonds is 3. The third-order valence-corrected chi connectivity index (χ3v) is 16.2. The molecule has 0 fully saturated rings. The van der Waals surface area contributed by atoms with E-state index in [9.17, 15) is 0 Å². The third kappa shape index (κ3) is 4.82. The van der Waals surface area contributed by atoms with Crippen LogP contribution in [0.25, 0.3) is 120 Å². The maximum absolute atomic E-state index is 2.58. The summed E-state index contributed by atoms with van der Waals surface area (Å²) in [5.41, 5.74) is 18.2. The number of hydrogen-bond acceptors (Lipinski definition) is 0. The van der Waals surface area contributed by atoms with Crippen molar-refractivity contribution in [2.75, 3.05) is 0 Å². The van der Waals surface area contributed by atoms with Gasteiger partial charge in [-0.25, -0.2) is 0 Å². The standard InChI is InChI=1S/C67H46/c1-5-38-30-44-26-27-50(55-29-24-39-12-10-17-51(38)64(39)65(44)55)41-25-28-54-57-35-40-13-11-16-49(47-31-42-20-22-45-33-48(66(2,3)4)34-46-23-21-43(32-47)62(42)63(45)46)56(40)37-61(57)67(60(54)36-41)58-18-8-6-14-52(58)53-15-7-9-19-59(53)67/h6-37H,5H2,1-4H3. The Kier molecular flexibility index (Phi) is 7.24. The van der Waals surface area contributed by atoms with Gasteiger partial charge in [0.15, 0.2) is 0 Å². The lowest BCUT2D eigenvalue weighted by Crippen LogP contribution is -2.26. The zero-order valence-electron chi connectivity index (χ0n) is 38.2. The highest BCUT2D eigenvalue weighted by atomic mass is 14.5. The van der Waals surface area contributed by atoms with Crippen LogP contribution in [0.15, 0.2) is 194 Å². The highest BCUT2D eigenvalue weighted by Gasteiger charge is 2.52. The van der Waals surface area contributed by atoms with Crippen molar-refractivity contribution in [2.24, 2.45) is 0 Å². The first-order chi connectivity index (χ1) is 32.8. The molecule has 0 heterocycles. The minimum Gasteiger partial charge on any atom is -0.0619 e. The van der Waals surface area contributed by atoms with Crippen LogP contribution >= 0.6 is 0 Å². The lowest BCUT2D eigenvalue weighted by Gasteiger charge is -2.31. The maximum Gasteiger partial charge on any atom is 0.0725 e. The van der Waals surface area contributed by atoms with Gasteiger partial charge in [0, 0.05) is 0 Å². The van der Waals surface area contributed by atoms with E-state index < -0.39 is 5.41 Å². The van der Waals surface area contributed by atoms with Gasteiger partial charge in [0.05, 0.1) is 5.41 Å². The lowest BCUT2D eigenvalue weighted by atomic mass is 9.70. The van der Waals surface area contributed by atoms with Crippen LogP contribution in [0.3, 0.4) is 0 Å². The summed E-state index contributed by atoms with van der Waals surface area (Å²) in [5.74, 6) is 0. The van der Waals surface area contributed by atoms with E-state index in [2.05, 4.69) is 222 Å². The predicted octanol–water partition coefficient (Wildman–Crippen LogP) is 18.2. The fraction of sp³-hybridized carbons (Fsp3) is 0.104. The van der Waals surface area contributed by atoms with Crippen LogP contribution in [0.4, 0.5) is 0 Å². The molecule has 0 saturated carbocycles. The van der Waals surface area contributed by atoms with E-state index in [4.69, 9.17) is 0 Å². The van der Waals surface area contributed by atoms with Crippen LogP contribution in [-0.4, -0.2) is 0 Å². The van der Waals surface area contributed by atoms with E-state index in [1.54, 1.807) is 0 Å². The van der Waals surface area contributed by atoms with E-state index >= 15 is 0 Å². The quantitative estimate of drug-likeness (QED) is 0.155. The summed E-state index contributed by atoms with van der Waals surface area (Å²) in [6, 6.07) is 75.6. The minimum atomic E-state index is -0.492. The molecule has 0 nitrogen and oxygen atoms in total. The molecule has 0 atom stereocenters. The van der Waals surface area contributed by atoms with Crippen molar-refractivity contribution in [1.29, 1.82) is 0 Å². The van der Waals surface area contributed by atoms with Crippen molar-refractivity contribution in [3.63, 3.8) is 0 Å². The topological polar surface area (TPSA) is 0 Å². The number of fused-ring (bicyclic) bond motifs is 11. The molecular weight excluding hydrogens is 805 g/mol. The fourth-order valence-corrected chi connectivity index (χ4v) is 13.2. The first-order valence-electron chi connectivity index (χ1n) is 24.1. The Balaban J connectivity index is 0.976. The molecule has 1 spiro atoms. The van der Waals surface area contributed by atoms with E-state index in [1.165, 1.54) is 153 Å². The zero-order chi connectivity index (χ0) is 44.5. The van der Waals surface area contributed by atoms with Crippen molar-refractivity contribution in [3.05, 3.63) is 228 Å². The van der Waals surface area contributed by atoms with Gasteiger partial charge < -0.3 is 0 Å². The maximum atomic E-state index is 2.58. The van der Waals surface area contributed by atoms with Crippen LogP contribution in [0.1, 0.15) is 61.1 Å². The van der Waals surface area contributed by atoms with E-state index in [-0.39, 0.29) is 5.41 Å². The second-order valence-electron chi connectivity index (χ2n) is 20.6. The molecule has 0 amide bonds. The number of hydrogen-bond donors (Lipinski definition) is 0. The lowest BCUT2D eigenvalue weighted by molar-refractivity contribution is 0.591. The average Bonchev–Trinajstić information content (AvgIpc) is 3.82. The Hall–Kier alpha value is -7.80. The number of aryl methyl sites for hydroxylation is 1. The smallest absolute Gasteiger partial charge is 0.0619 e. The molecule has 2 aliphatic rings. The highest BCUT2D eigenvalue weighted by molar-refractivity contribution is 6.27. The van der Waals surface area contributed by atoms with Crippen LogP contribution in [0.5, 0.6) is 0 Å². The SMILES string of the molecule is CCc1cc2ccc(-c3ccc4c(c3)C3(c5ccccc5-c5ccccc53)c3cc5c(-c6cc7ccc8cc(C(C)(C)C)cc9ccc(c6)c7c89)cccc5cc3-4)c3ccc4cccc1c4c23. The van der Waals surface area contributed by atoms with E-state index in [0.29, 0.717) is 0 Å². The molecule has 0 aromatic heterocycles. The zero-order valence-corrected chi connectivity index (χ0v) is 38.2. The van der Waals surface area contributed by atoms with Crippen LogP contribution in [0, 0.1) is 0 Å². The second-order valence-corrected chi connectivity index (χ2v) is 20.6. The van der Waals surface area contributed by atoms with Gasteiger partial charge in [-0.1, -0.05) is 191 Å². The van der Waals surface area contributed by atoms with Crippen molar-refractivity contribution < 1.29 is 0 Å². The van der Waals surface area contributed by atoms with Crippen molar-refractivity contribution in [2.45, 2.75) is 44.9 Å². The largest absolute Gasteiger partial charge is 0.0725 e. The molecule has 0 saturated heterocycles. The fourth-order valence-electron chi connectivity index (χ4n) is 13.2. The van der Waals surface area contributed by atoms with Crippen LogP contribution < -0.4 is 0 Å². The highest BCUT2D eigenvalue weighted by Crippen LogP contribution is 2.64. The average molecular weight is 851 g/mol.